The van der Waals surface area contributed by atoms with E-state index >= 15 is 0 Å². The molecule has 0 saturated heterocycles. The first-order valence-electron chi connectivity index (χ1n) is 25.7. The quantitative estimate of drug-likeness (QED) is 0.164. The van der Waals surface area contributed by atoms with Crippen LogP contribution in [0.2, 0.25) is 0 Å². The van der Waals surface area contributed by atoms with E-state index in [1.54, 1.807) is 0 Å². The summed E-state index contributed by atoms with van der Waals surface area (Å²) in [5.74, 6) is 3.46. The Labute approximate surface area is 421 Å². The Kier molecular flexibility index (Phi) is 8.68. The molecule has 346 valence electrons. The Bertz CT molecular complexity index is 3960. The lowest BCUT2D eigenvalue weighted by molar-refractivity contribution is 0.421. The molecule has 0 atom stereocenters. The molecular weight excluding hydrogens is 877 g/mol. The fraction of sp³-hybridized carbons (Fsp3) is 0.147. The first kappa shape index (κ1) is 41.4. The van der Waals surface area contributed by atoms with Crippen LogP contribution in [0.5, 0.6) is 17.2 Å². The van der Waals surface area contributed by atoms with Gasteiger partial charge in [-0.25, -0.2) is 0 Å². The molecule has 72 heavy (non-hydrogen) atoms. The first-order valence-corrected chi connectivity index (χ1v) is 25.7. The smallest absolute Gasteiger partial charge is 0.151 e. The Morgan fingerprint density at radius 2 is 0.944 bits per heavy atom. The molecule has 0 amide bonds. The van der Waals surface area contributed by atoms with E-state index in [1.807, 2.05) is 0 Å². The van der Waals surface area contributed by atoms with Crippen LogP contribution in [0.1, 0.15) is 75.6 Å². The lowest BCUT2D eigenvalue weighted by Gasteiger charge is -2.36. The number of rotatable bonds is 4. The van der Waals surface area contributed by atoms with Gasteiger partial charge in [0, 0.05) is 22.2 Å². The van der Waals surface area contributed by atoms with Crippen molar-refractivity contribution in [3.63, 3.8) is 0 Å². The van der Waals surface area contributed by atoms with Crippen LogP contribution in [0, 0.1) is 0 Å². The molecule has 15 rings (SSSR count). The average Bonchev–Trinajstić information content (AvgIpc) is 3.79. The minimum absolute atomic E-state index is 0.112. The largest absolute Gasteiger partial charge is 0.453 e. The third kappa shape index (κ3) is 5.81. The number of para-hydroxylation sites is 6. The van der Waals surface area contributed by atoms with Crippen LogP contribution in [0.4, 0.5) is 28.4 Å². The van der Waals surface area contributed by atoms with Crippen molar-refractivity contribution >= 4 is 55.6 Å². The maximum Gasteiger partial charge on any atom is 0.151 e. The van der Waals surface area contributed by atoms with Crippen LogP contribution < -0.4 is 19.3 Å². The molecule has 0 bridgehead atoms. The Balaban J connectivity index is 1.06. The number of hydrogen-bond acceptors (Lipinski definition) is 4. The Morgan fingerprint density at radius 1 is 0.417 bits per heavy atom. The van der Waals surface area contributed by atoms with Gasteiger partial charge in [-0.2, -0.15) is 0 Å². The van der Waals surface area contributed by atoms with Crippen LogP contribution >= 0.6 is 0 Å². The number of hydrogen-bond donors (Lipinski definition) is 0. The summed E-state index contributed by atoms with van der Waals surface area (Å²) >= 11 is 0. The van der Waals surface area contributed by atoms with Gasteiger partial charge in [0.25, 0.3) is 0 Å². The predicted octanol–water partition coefficient (Wildman–Crippen LogP) is 18.7. The zero-order valence-corrected chi connectivity index (χ0v) is 41.0. The molecule has 9 aromatic rings. The zero-order chi connectivity index (χ0) is 48.0. The molecular formula is C68H52N2O2. The highest BCUT2D eigenvalue weighted by Crippen LogP contribution is 2.57. The van der Waals surface area contributed by atoms with Gasteiger partial charge in [0.05, 0.1) is 22.8 Å². The van der Waals surface area contributed by atoms with Crippen molar-refractivity contribution in [2.45, 2.75) is 64.2 Å². The van der Waals surface area contributed by atoms with Gasteiger partial charge in [0.2, 0.25) is 0 Å². The lowest BCUT2D eigenvalue weighted by atomic mass is 9.78. The maximum atomic E-state index is 6.63. The highest BCUT2D eigenvalue weighted by Gasteiger charge is 2.39. The first-order chi connectivity index (χ1) is 35.2. The third-order valence-corrected chi connectivity index (χ3v) is 16.8. The minimum atomic E-state index is -0.181. The normalized spacial score (nSPS) is 17.1. The molecule has 9 aromatic carbocycles. The molecule has 4 heteroatoms. The maximum absolute atomic E-state index is 6.63. The van der Waals surface area contributed by atoms with E-state index < -0.39 is 0 Å². The number of allylic oxidation sites excluding steroid dienone is 7. The van der Waals surface area contributed by atoms with Gasteiger partial charge in [-0.3, -0.25) is 0 Å². The molecule has 0 fully saturated rings. The number of benzene rings is 9. The molecule has 0 radical (unpaired) electrons. The van der Waals surface area contributed by atoms with Crippen LogP contribution in [0.3, 0.4) is 0 Å². The van der Waals surface area contributed by atoms with Gasteiger partial charge in [-0.05, 0) is 193 Å². The van der Waals surface area contributed by atoms with Crippen molar-refractivity contribution in [1.82, 2.24) is 0 Å². The summed E-state index contributed by atoms with van der Waals surface area (Å²) in [6.45, 7) is 9.62. The number of ether oxygens (including phenoxy) is 2. The molecule has 0 N–H and O–H groups in total. The second kappa shape index (κ2) is 15.1. The van der Waals surface area contributed by atoms with Crippen LogP contribution in [0.15, 0.2) is 211 Å². The van der Waals surface area contributed by atoms with Crippen molar-refractivity contribution in [2.24, 2.45) is 0 Å². The van der Waals surface area contributed by atoms with Crippen molar-refractivity contribution in [2.75, 3.05) is 9.80 Å². The second-order valence-corrected chi connectivity index (χ2v) is 21.4. The minimum Gasteiger partial charge on any atom is -0.453 e. The lowest BCUT2D eigenvalue weighted by Crippen LogP contribution is -2.25. The molecule has 0 spiro atoms. The van der Waals surface area contributed by atoms with E-state index in [1.165, 1.54) is 94.0 Å². The van der Waals surface area contributed by atoms with E-state index in [9.17, 15) is 0 Å². The zero-order valence-electron chi connectivity index (χ0n) is 41.0. The second-order valence-electron chi connectivity index (χ2n) is 21.4. The van der Waals surface area contributed by atoms with Crippen LogP contribution in [0.25, 0.3) is 60.5 Å². The molecule has 4 aliphatic carbocycles. The molecule has 2 aliphatic heterocycles. The topological polar surface area (TPSA) is 24.9 Å². The van der Waals surface area contributed by atoms with E-state index in [4.69, 9.17) is 9.47 Å². The van der Waals surface area contributed by atoms with Gasteiger partial charge in [-0.1, -0.05) is 143 Å². The average molecular weight is 929 g/mol. The fourth-order valence-corrected chi connectivity index (χ4v) is 13.3. The van der Waals surface area contributed by atoms with Crippen molar-refractivity contribution < 1.29 is 9.47 Å². The molecule has 0 aromatic heterocycles. The summed E-state index contributed by atoms with van der Waals surface area (Å²) in [6, 6.07) is 63.4. The standard InChI is InChI=1S/C68H52N2O2/c1-67(2)53-19-7-5-17-45(53)47-33-29-41(37-55(47)67)65-49-35-31-43(69-57-21-9-13-25-61(57)71-62-26-14-10-22-58(62)69)39-51(49)66(42-30-34-48-46-18-6-8-20-54(46)68(3,4)56(48)38-42)52-40-44(32-36-50(52)65)70-59-23-11-15-27-63(59)72-64-28-16-12-24-60(64)70/h6-11,13-16,18-23,25-40H,5,12,17,24H2,1-4H3. The van der Waals surface area contributed by atoms with Gasteiger partial charge in [-0.15, -0.1) is 0 Å². The van der Waals surface area contributed by atoms with E-state index in [0.717, 1.165) is 77.1 Å². The molecule has 4 nitrogen and oxygen atoms in total. The van der Waals surface area contributed by atoms with Crippen molar-refractivity contribution in [1.29, 1.82) is 0 Å². The summed E-state index contributed by atoms with van der Waals surface area (Å²) in [5, 5.41) is 4.86. The summed E-state index contributed by atoms with van der Waals surface area (Å²) < 4.78 is 13.2. The summed E-state index contributed by atoms with van der Waals surface area (Å²) in [5.41, 5.74) is 22.2. The van der Waals surface area contributed by atoms with Gasteiger partial charge in [0.15, 0.2) is 17.2 Å². The van der Waals surface area contributed by atoms with E-state index in [0.29, 0.717) is 0 Å². The molecule has 2 heterocycles. The van der Waals surface area contributed by atoms with E-state index in [-0.39, 0.29) is 10.8 Å². The van der Waals surface area contributed by atoms with Gasteiger partial charge < -0.3 is 19.3 Å². The molecule has 0 saturated carbocycles. The van der Waals surface area contributed by atoms with E-state index in [2.05, 4.69) is 232 Å². The van der Waals surface area contributed by atoms with Crippen molar-refractivity contribution in [3.8, 4) is 50.6 Å². The number of anilines is 5. The molecule has 6 aliphatic rings. The highest BCUT2D eigenvalue weighted by molar-refractivity contribution is 6.23. The fourth-order valence-electron chi connectivity index (χ4n) is 13.3. The highest BCUT2D eigenvalue weighted by atomic mass is 16.5. The predicted molar refractivity (Wildman–Crippen MR) is 298 cm³/mol. The number of nitrogens with zero attached hydrogens (tertiary/aromatic N) is 2. The van der Waals surface area contributed by atoms with Crippen LogP contribution in [-0.2, 0) is 10.8 Å². The van der Waals surface area contributed by atoms with Crippen molar-refractivity contribution in [3.05, 3.63) is 233 Å². The SMILES string of the molecule is CC1(C)C2=C(CCC=C2)c2ccc(-c3c4ccc(N5C6=C(C=CCC6)Oc6ccccc65)cc4c(-c4ccc5c(c4)C(C)(C)c4ccccc4-5)c4cc(N5c6ccccc6Oc6ccccc65)ccc34)cc21. The summed E-state index contributed by atoms with van der Waals surface area (Å²) in [7, 11) is 0. The van der Waals surface area contributed by atoms with Gasteiger partial charge in [0.1, 0.15) is 5.76 Å². The summed E-state index contributed by atoms with van der Waals surface area (Å²) in [6.07, 6.45) is 13.2. The Hall–Kier alpha value is -8.34. The monoisotopic (exact) mass is 928 g/mol. The van der Waals surface area contributed by atoms with Gasteiger partial charge >= 0.3 is 0 Å². The number of fused-ring (bicyclic) bond motifs is 10. The third-order valence-electron chi connectivity index (χ3n) is 16.8. The van der Waals surface area contributed by atoms with Crippen LogP contribution in [-0.4, -0.2) is 0 Å². The molecule has 0 unspecified atom stereocenters. The summed E-state index contributed by atoms with van der Waals surface area (Å²) in [4.78, 5) is 4.85. The Morgan fingerprint density at radius 3 is 1.64 bits per heavy atom.